The molecular weight excluding hydrogens is 254 g/mol. The second kappa shape index (κ2) is 7.81. The molecule has 0 aliphatic carbocycles. The normalized spacial score (nSPS) is 23.2. The third-order valence-corrected chi connectivity index (χ3v) is 4.32. The molecule has 1 heterocycles. The quantitative estimate of drug-likeness (QED) is 0.207. The molecule has 20 heavy (non-hydrogen) atoms. The minimum atomic E-state index is -0.238. The fraction of sp³-hybridized carbons (Fsp3) is 0.929. The third kappa shape index (κ3) is 5.26. The van der Waals surface area contributed by atoms with Gasteiger partial charge in [0.15, 0.2) is 0 Å². The van der Waals surface area contributed by atoms with Gasteiger partial charge in [-0.25, -0.2) is 0 Å². The Bertz CT molecular complexity index is 319. The highest BCUT2D eigenvalue weighted by atomic mass is 16.4. The molecular formula is C14H31N5O. The molecule has 0 bridgehead atoms. The molecule has 0 radical (unpaired) electrons. The van der Waals surface area contributed by atoms with Crippen LogP contribution in [0.5, 0.6) is 0 Å². The maximum absolute atomic E-state index is 8.73. The lowest BCUT2D eigenvalue weighted by Gasteiger charge is -2.37. The molecule has 0 saturated carbocycles. The molecule has 1 atom stereocenters. The summed E-state index contributed by atoms with van der Waals surface area (Å²) in [5, 5.41) is 15.4. The van der Waals surface area contributed by atoms with E-state index in [1.165, 1.54) is 0 Å². The topological polar surface area (TPSA) is 77.1 Å². The van der Waals surface area contributed by atoms with Crippen LogP contribution in [0.2, 0.25) is 0 Å². The molecule has 0 amide bonds. The molecule has 0 aromatic carbocycles. The van der Waals surface area contributed by atoms with E-state index in [9.17, 15) is 0 Å². The van der Waals surface area contributed by atoms with Crippen LogP contribution in [-0.4, -0.2) is 73.7 Å². The predicted molar refractivity (Wildman–Crippen MR) is 83.2 cm³/mol. The number of amidine groups is 1. The molecule has 1 unspecified atom stereocenters. The Morgan fingerprint density at radius 3 is 2.75 bits per heavy atom. The van der Waals surface area contributed by atoms with Gasteiger partial charge < -0.3 is 21.2 Å². The van der Waals surface area contributed by atoms with Crippen molar-refractivity contribution in [2.75, 3.05) is 46.8 Å². The third-order valence-electron chi connectivity index (χ3n) is 4.32. The van der Waals surface area contributed by atoms with Crippen LogP contribution in [0.1, 0.15) is 26.7 Å². The average molecular weight is 285 g/mol. The van der Waals surface area contributed by atoms with Crippen LogP contribution in [-0.2, 0) is 0 Å². The summed E-state index contributed by atoms with van der Waals surface area (Å²) in [6.07, 6.45) is 1.94. The van der Waals surface area contributed by atoms with Crippen LogP contribution < -0.4 is 11.1 Å². The number of likely N-dealkylation sites (N-methyl/N-ethyl adjacent to an activating group) is 2. The van der Waals surface area contributed by atoms with E-state index in [1.807, 2.05) is 13.8 Å². The van der Waals surface area contributed by atoms with E-state index in [2.05, 4.69) is 34.4 Å². The van der Waals surface area contributed by atoms with Crippen molar-refractivity contribution in [3.63, 3.8) is 0 Å². The van der Waals surface area contributed by atoms with E-state index in [-0.39, 0.29) is 5.41 Å². The lowest BCUT2D eigenvalue weighted by atomic mass is 9.86. The van der Waals surface area contributed by atoms with Crippen molar-refractivity contribution in [2.24, 2.45) is 16.3 Å². The molecule has 1 saturated heterocycles. The molecule has 1 rings (SSSR count). The van der Waals surface area contributed by atoms with Gasteiger partial charge in [0, 0.05) is 37.6 Å². The number of hydrogen-bond acceptors (Lipinski definition) is 5. The Balaban J connectivity index is 2.19. The van der Waals surface area contributed by atoms with Crippen molar-refractivity contribution in [3.05, 3.63) is 0 Å². The monoisotopic (exact) mass is 285 g/mol. The predicted octanol–water partition coefficient (Wildman–Crippen LogP) is 0.375. The summed E-state index contributed by atoms with van der Waals surface area (Å²) in [5.41, 5.74) is 5.45. The van der Waals surface area contributed by atoms with Crippen molar-refractivity contribution in [2.45, 2.75) is 32.7 Å². The first-order chi connectivity index (χ1) is 9.36. The molecule has 6 nitrogen and oxygen atoms in total. The lowest BCUT2D eigenvalue weighted by molar-refractivity contribution is 0.113. The first-order valence-electron chi connectivity index (χ1n) is 7.44. The van der Waals surface area contributed by atoms with Crippen LogP contribution in [0.4, 0.5) is 0 Å². The minimum absolute atomic E-state index is 0.238. The maximum Gasteiger partial charge on any atom is 0.144 e. The summed E-state index contributed by atoms with van der Waals surface area (Å²) < 4.78 is 0. The average Bonchev–Trinajstić information content (AvgIpc) is 2.41. The van der Waals surface area contributed by atoms with Gasteiger partial charge >= 0.3 is 0 Å². The Hall–Kier alpha value is -0.850. The van der Waals surface area contributed by atoms with Crippen molar-refractivity contribution in [1.29, 1.82) is 0 Å². The Morgan fingerprint density at radius 2 is 2.10 bits per heavy atom. The molecule has 0 spiro atoms. The first kappa shape index (κ1) is 17.2. The number of oxime groups is 1. The summed E-state index contributed by atoms with van der Waals surface area (Å²) in [5.74, 6) is 0.311. The van der Waals surface area contributed by atoms with Crippen LogP contribution >= 0.6 is 0 Å². The maximum atomic E-state index is 8.73. The molecule has 118 valence electrons. The van der Waals surface area contributed by atoms with E-state index in [0.717, 1.165) is 45.6 Å². The van der Waals surface area contributed by atoms with Gasteiger partial charge in [-0.3, -0.25) is 4.90 Å². The number of nitrogens with zero attached hydrogens (tertiary/aromatic N) is 3. The highest BCUT2D eigenvalue weighted by molar-refractivity contribution is 5.85. The minimum Gasteiger partial charge on any atom is -0.409 e. The van der Waals surface area contributed by atoms with Crippen molar-refractivity contribution in [3.8, 4) is 0 Å². The molecule has 0 aromatic heterocycles. The number of rotatable bonds is 7. The lowest BCUT2D eigenvalue weighted by Crippen LogP contribution is -2.53. The van der Waals surface area contributed by atoms with E-state index in [1.54, 1.807) is 0 Å². The Labute approximate surface area is 123 Å². The van der Waals surface area contributed by atoms with E-state index < -0.39 is 0 Å². The molecule has 6 heteroatoms. The van der Waals surface area contributed by atoms with Crippen molar-refractivity contribution < 1.29 is 5.21 Å². The molecule has 1 aliphatic heterocycles. The smallest absolute Gasteiger partial charge is 0.144 e. The van der Waals surface area contributed by atoms with Crippen LogP contribution in [0, 0.1) is 5.41 Å². The second-order valence-electron chi connectivity index (χ2n) is 6.57. The molecule has 4 N–H and O–H groups in total. The number of hydrogen-bond donors (Lipinski definition) is 3. The summed E-state index contributed by atoms with van der Waals surface area (Å²) >= 11 is 0. The van der Waals surface area contributed by atoms with Crippen molar-refractivity contribution in [1.82, 2.24) is 15.1 Å². The van der Waals surface area contributed by atoms with Gasteiger partial charge in [-0.15, -0.1) is 0 Å². The van der Waals surface area contributed by atoms with Gasteiger partial charge in [-0.05, 0) is 33.5 Å². The Kier molecular flexibility index (Phi) is 6.71. The fourth-order valence-corrected chi connectivity index (χ4v) is 2.51. The highest BCUT2D eigenvalue weighted by Crippen LogP contribution is 2.21. The van der Waals surface area contributed by atoms with Gasteiger partial charge in [-0.2, -0.15) is 0 Å². The zero-order valence-electron chi connectivity index (χ0n) is 13.4. The zero-order chi connectivity index (χ0) is 15.2. The van der Waals surface area contributed by atoms with Gasteiger partial charge in [-0.1, -0.05) is 19.0 Å². The second-order valence-corrected chi connectivity index (χ2v) is 6.57. The number of nitrogens with two attached hydrogens (primary N) is 1. The van der Waals surface area contributed by atoms with Gasteiger partial charge in [0.25, 0.3) is 0 Å². The van der Waals surface area contributed by atoms with E-state index in [0.29, 0.717) is 11.9 Å². The Morgan fingerprint density at radius 1 is 1.40 bits per heavy atom. The summed E-state index contributed by atoms with van der Waals surface area (Å²) in [4.78, 5) is 4.81. The molecule has 1 fully saturated rings. The summed E-state index contributed by atoms with van der Waals surface area (Å²) in [6.45, 7) is 9.42. The van der Waals surface area contributed by atoms with Gasteiger partial charge in [0.1, 0.15) is 5.84 Å². The fourth-order valence-electron chi connectivity index (χ4n) is 2.51. The largest absolute Gasteiger partial charge is 0.409 e. The highest BCUT2D eigenvalue weighted by Gasteiger charge is 2.23. The molecule has 1 aliphatic rings. The first-order valence-corrected chi connectivity index (χ1v) is 7.44. The van der Waals surface area contributed by atoms with Crippen LogP contribution in [0.25, 0.3) is 0 Å². The zero-order valence-corrected chi connectivity index (χ0v) is 13.4. The summed E-state index contributed by atoms with van der Waals surface area (Å²) in [7, 11) is 4.38. The summed E-state index contributed by atoms with van der Waals surface area (Å²) in [6, 6.07) is 0.589. The molecule has 0 aromatic rings. The van der Waals surface area contributed by atoms with E-state index in [4.69, 9.17) is 10.9 Å². The number of piperazine rings is 1. The van der Waals surface area contributed by atoms with Gasteiger partial charge in [0.2, 0.25) is 0 Å². The van der Waals surface area contributed by atoms with Crippen molar-refractivity contribution >= 4 is 5.84 Å². The SMILES string of the molecule is CN1CCN(C)C(CNCCCC(C)(C)C(N)=NO)C1. The van der Waals surface area contributed by atoms with Crippen LogP contribution in [0.15, 0.2) is 5.16 Å². The standard InChI is InChI=1S/C14H31N5O/c1-14(2,13(15)17-20)6-5-7-16-10-12-11-18(3)8-9-19(12)4/h12,16,20H,5-11H2,1-4H3,(H2,15,17). The van der Waals surface area contributed by atoms with Crippen LogP contribution in [0.3, 0.4) is 0 Å². The van der Waals surface area contributed by atoms with Gasteiger partial charge in [0.05, 0.1) is 0 Å². The van der Waals surface area contributed by atoms with E-state index >= 15 is 0 Å². The number of nitrogens with one attached hydrogen (secondary N) is 1.